The molecule has 0 aromatic carbocycles. The van der Waals surface area contributed by atoms with E-state index in [0.29, 0.717) is 13.1 Å². The fourth-order valence-electron chi connectivity index (χ4n) is 2.43. The number of hydrogen-bond acceptors (Lipinski definition) is 2. The fourth-order valence-corrected chi connectivity index (χ4v) is 4.40. The zero-order valence-electron chi connectivity index (χ0n) is 12.3. The summed E-state index contributed by atoms with van der Waals surface area (Å²) in [7, 11) is -3.32. The number of rotatable bonds is 7. The Morgan fingerprint density at radius 1 is 1.37 bits per heavy atom. The normalized spacial score (nSPS) is 22.6. The van der Waals surface area contributed by atoms with E-state index in [9.17, 15) is 8.42 Å². The molecule has 0 saturated carbocycles. The van der Waals surface area contributed by atoms with Gasteiger partial charge in [-0.25, -0.2) is 4.72 Å². The average molecular weight is 355 g/mol. The van der Waals surface area contributed by atoms with Gasteiger partial charge in [0, 0.05) is 24.5 Å². The molecule has 0 aromatic rings. The summed E-state index contributed by atoms with van der Waals surface area (Å²) in [4.78, 5) is 0. The van der Waals surface area contributed by atoms with Crippen LogP contribution in [0.4, 0.5) is 0 Å². The molecule has 0 amide bonds. The molecule has 1 fully saturated rings. The third-order valence-corrected chi connectivity index (χ3v) is 6.00. The predicted molar refractivity (Wildman–Crippen MR) is 83.8 cm³/mol. The van der Waals surface area contributed by atoms with E-state index < -0.39 is 10.2 Å². The molecular weight excluding hydrogens is 328 g/mol. The van der Waals surface area contributed by atoms with Crippen LogP contribution in [0.15, 0.2) is 0 Å². The molecule has 114 valence electrons. The summed E-state index contributed by atoms with van der Waals surface area (Å²) < 4.78 is 29.1. The lowest BCUT2D eigenvalue weighted by Gasteiger charge is -2.33. The van der Waals surface area contributed by atoms with Crippen LogP contribution < -0.4 is 4.72 Å². The molecule has 0 spiro atoms. The first-order valence-corrected chi connectivity index (χ1v) is 9.67. The van der Waals surface area contributed by atoms with Crippen LogP contribution >= 0.6 is 15.9 Å². The molecule has 1 aliphatic heterocycles. The molecule has 19 heavy (non-hydrogen) atoms. The summed E-state index contributed by atoms with van der Waals surface area (Å²) in [5, 5.41) is 0.965. The van der Waals surface area contributed by atoms with Crippen molar-refractivity contribution in [3.05, 3.63) is 0 Å². The SMILES string of the molecule is CC1CCCCN1S(=O)(=O)NCC(C)(C)CCCBr. The molecule has 1 N–H and O–H groups in total. The molecule has 4 nitrogen and oxygen atoms in total. The molecule has 1 atom stereocenters. The minimum atomic E-state index is -3.32. The van der Waals surface area contributed by atoms with E-state index in [0.717, 1.165) is 37.4 Å². The highest BCUT2D eigenvalue weighted by atomic mass is 79.9. The monoisotopic (exact) mass is 354 g/mol. The Bertz CT molecular complexity index is 371. The number of nitrogens with zero attached hydrogens (tertiary/aromatic N) is 1. The number of piperidine rings is 1. The van der Waals surface area contributed by atoms with Gasteiger partial charge in [-0.05, 0) is 38.0 Å². The first-order valence-electron chi connectivity index (χ1n) is 7.11. The quantitative estimate of drug-likeness (QED) is 0.714. The molecular formula is C13H27BrN2O2S. The molecule has 1 aliphatic rings. The van der Waals surface area contributed by atoms with Crippen molar-refractivity contribution in [3.63, 3.8) is 0 Å². The van der Waals surface area contributed by atoms with Crippen LogP contribution in [0.1, 0.15) is 52.9 Å². The average Bonchev–Trinajstić information content (AvgIpc) is 2.35. The third kappa shape index (κ3) is 5.69. The Hall–Kier alpha value is 0.350. The maximum absolute atomic E-state index is 12.3. The second kappa shape index (κ2) is 7.38. The van der Waals surface area contributed by atoms with Gasteiger partial charge in [-0.2, -0.15) is 12.7 Å². The van der Waals surface area contributed by atoms with Gasteiger partial charge in [-0.3, -0.25) is 0 Å². The standard InChI is InChI=1S/C13H27BrN2O2S/c1-12-7-4-5-10-16(12)19(17,18)15-11-13(2,3)8-6-9-14/h12,15H,4-11H2,1-3H3. The van der Waals surface area contributed by atoms with E-state index in [2.05, 4.69) is 34.5 Å². The van der Waals surface area contributed by atoms with E-state index in [-0.39, 0.29) is 11.5 Å². The van der Waals surface area contributed by atoms with Crippen LogP contribution in [0.2, 0.25) is 0 Å². The molecule has 0 aliphatic carbocycles. The van der Waals surface area contributed by atoms with Gasteiger partial charge in [0.15, 0.2) is 0 Å². The number of hydrogen-bond donors (Lipinski definition) is 1. The van der Waals surface area contributed by atoms with Gasteiger partial charge in [0.25, 0.3) is 10.2 Å². The van der Waals surface area contributed by atoms with Gasteiger partial charge >= 0.3 is 0 Å². The molecule has 1 unspecified atom stereocenters. The second-order valence-corrected chi connectivity index (χ2v) is 8.74. The molecule has 1 rings (SSSR count). The lowest BCUT2D eigenvalue weighted by atomic mass is 9.88. The fraction of sp³-hybridized carbons (Fsp3) is 1.00. The largest absolute Gasteiger partial charge is 0.279 e. The second-order valence-electron chi connectivity index (χ2n) is 6.24. The first-order chi connectivity index (χ1) is 8.78. The zero-order valence-corrected chi connectivity index (χ0v) is 14.7. The molecule has 1 heterocycles. The van der Waals surface area contributed by atoms with Crippen LogP contribution in [0, 0.1) is 5.41 Å². The summed E-state index contributed by atoms with van der Waals surface area (Å²) in [6, 6.07) is 0.122. The molecule has 1 saturated heterocycles. The van der Waals surface area contributed by atoms with Crippen LogP contribution in [0.5, 0.6) is 0 Å². The molecule has 0 bridgehead atoms. The lowest BCUT2D eigenvalue weighted by Crippen LogP contribution is -2.49. The van der Waals surface area contributed by atoms with Crippen LogP contribution in [-0.4, -0.2) is 37.2 Å². The van der Waals surface area contributed by atoms with Crippen molar-refractivity contribution in [1.82, 2.24) is 9.03 Å². The van der Waals surface area contributed by atoms with Crippen molar-refractivity contribution in [2.45, 2.75) is 58.9 Å². The Kier molecular flexibility index (Phi) is 6.76. The van der Waals surface area contributed by atoms with Crippen molar-refractivity contribution in [3.8, 4) is 0 Å². The van der Waals surface area contributed by atoms with E-state index in [4.69, 9.17) is 0 Å². The first kappa shape index (κ1) is 17.4. The van der Waals surface area contributed by atoms with Crippen LogP contribution in [-0.2, 0) is 10.2 Å². The summed E-state index contributed by atoms with van der Waals surface area (Å²) in [5.74, 6) is 0. The minimum absolute atomic E-state index is 0.000134. The topological polar surface area (TPSA) is 49.4 Å². The number of nitrogens with one attached hydrogen (secondary N) is 1. The highest BCUT2D eigenvalue weighted by Crippen LogP contribution is 2.23. The Balaban J connectivity index is 2.54. The van der Waals surface area contributed by atoms with E-state index in [1.165, 1.54) is 0 Å². The van der Waals surface area contributed by atoms with E-state index >= 15 is 0 Å². The van der Waals surface area contributed by atoms with E-state index in [1.807, 2.05) is 6.92 Å². The minimum Gasteiger partial charge on any atom is -0.202 e. The number of halogens is 1. The van der Waals surface area contributed by atoms with Crippen molar-refractivity contribution in [1.29, 1.82) is 0 Å². The Morgan fingerprint density at radius 3 is 2.63 bits per heavy atom. The zero-order chi connectivity index (χ0) is 14.5. The molecule has 0 radical (unpaired) electrons. The summed E-state index contributed by atoms with van der Waals surface area (Å²) in [6.45, 7) is 7.37. The summed E-state index contributed by atoms with van der Waals surface area (Å²) in [5.41, 5.74) is -0.000134. The summed E-state index contributed by atoms with van der Waals surface area (Å²) in [6.07, 6.45) is 5.14. The highest BCUT2D eigenvalue weighted by molar-refractivity contribution is 9.09. The predicted octanol–water partition coefficient (Wildman–Crippen LogP) is 2.90. The maximum atomic E-state index is 12.3. The maximum Gasteiger partial charge on any atom is 0.279 e. The van der Waals surface area contributed by atoms with Crippen LogP contribution in [0.3, 0.4) is 0 Å². The Morgan fingerprint density at radius 2 is 2.05 bits per heavy atom. The molecule has 6 heteroatoms. The summed E-state index contributed by atoms with van der Waals surface area (Å²) >= 11 is 3.42. The lowest BCUT2D eigenvalue weighted by molar-refractivity contribution is 0.259. The molecule has 0 aromatic heterocycles. The van der Waals surface area contributed by atoms with Gasteiger partial charge in [0.05, 0.1) is 0 Å². The van der Waals surface area contributed by atoms with Crippen molar-refractivity contribution in [2.24, 2.45) is 5.41 Å². The van der Waals surface area contributed by atoms with Gasteiger partial charge in [-0.15, -0.1) is 0 Å². The van der Waals surface area contributed by atoms with Gasteiger partial charge in [0.1, 0.15) is 0 Å². The highest BCUT2D eigenvalue weighted by Gasteiger charge is 2.30. The van der Waals surface area contributed by atoms with Crippen LogP contribution in [0.25, 0.3) is 0 Å². The van der Waals surface area contributed by atoms with Gasteiger partial charge < -0.3 is 0 Å². The van der Waals surface area contributed by atoms with Crippen molar-refractivity contribution in [2.75, 3.05) is 18.4 Å². The van der Waals surface area contributed by atoms with Gasteiger partial charge in [0.2, 0.25) is 0 Å². The Labute approximate surface area is 126 Å². The van der Waals surface area contributed by atoms with Crippen molar-refractivity contribution < 1.29 is 8.42 Å². The third-order valence-electron chi connectivity index (χ3n) is 3.77. The number of alkyl halides is 1. The smallest absolute Gasteiger partial charge is 0.202 e. The van der Waals surface area contributed by atoms with Gasteiger partial charge in [-0.1, -0.05) is 36.2 Å². The van der Waals surface area contributed by atoms with Crippen molar-refractivity contribution >= 4 is 26.1 Å². The van der Waals surface area contributed by atoms with E-state index in [1.54, 1.807) is 4.31 Å².